The highest BCUT2D eigenvalue weighted by atomic mass is 35.5. The van der Waals surface area contributed by atoms with Crippen molar-refractivity contribution in [2.24, 2.45) is 5.73 Å². The maximum Gasteiger partial charge on any atom is 0.259 e. The second-order valence-corrected chi connectivity index (χ2v) is 6.70. The van der Waals surface area contributed by atoms with Crippen molar-refractivity contribution in [1.82, 2.24) is 0 Å². The first-order valence-corrected chi connectivity index (χ1v) is 9.07. The predicted molar refractivity (Wildman–Crippen MR) is 110 cm³/mol. The first-order valence-electron chi connectivity index (χ1n) is 8.31. The molecule has 0 aromatic heterocycles. The molecule has 2 amide bonds. The fraction of sp³-hybridized carbons (Fsp3) is 0.0476. The van der Waals surface area contributed by atoms with Crippen molar-refractivity contribution in [2.45, 2.75) is 6.61 Å². The van der Waals surface area contributed by atoms with Gasteiger partial charge >= 0.3 is 0 Å². The highest BCUT2D eigenvalue weighted by molar-refractivity contribution is 6.34. The van der Waals surface area contributed by atoms with E-state index in [9.17, 15) is 9.59 Å². The summed E-state index contributed by atoms with van der Waals surface area (Å²) in [6.07, 6.45) is 0. The molecule has 0 atom stereocenters. The minimum absolute atomic E-state index is 0.128. The molecule has 0 radical (unpaired) electrons. The zero-order chi connectivity index (χ0) is 20.1. The average molecular weight is 415 g/mol. The SMILES string of the molecule is NC(=O)c1cc(NC(=O)c2ccccc2OCc2ccccc2Cl)ccc1Cl. The van der Waals surface area contributed by atoms with Crippen molar-refractivity contribution < 1.29 is 14.3 Å². The van der Waals surface area contributed by atoms with E-state index in [1.807, 2.05) is 18.2 Å². The standard InChI is InChI=1S/C21H16Cl2N2O3/c22-17-7-3-1-5-13(17)12-28-19-8-4-2-6-15(19)21(27)25-14-9-10-18(23)16(11-14)20(24)26/h1-11H,12H2,(H2,24,26)(H,25,27). The van der Waals surface area contributed by atoms with Gasteiger partial charge in [-0.3, -0.25) is 9.59 Å². The van der Waals surface area contributed by atoms with Gasteiger partial charge < -0.3 is 15.8 Å². The van der Waals surface area contributed by atoms with E-state index < -0.39 is 11.8 Å². The van der Waals surface area contributed by atoms with Gasteiger partial charge in [-0.2, -0.15) is 0 Å². The summed E-state index contributed by atoms with van der Waals surface area (Å²) in [6, 6.07) is 18.7. The van der Waals surface area contributed by atoms with E-state index in [4.69, 9.17) is 33.7 Å². The van der Waals surface area contributed by atoms with Crippen LogP contribution in [0.2, 0.25) is 10.0 Å². The smallest absolute Gasteiger partial charge is 0.259 e. The number of amides is 2. The Morgan fingerprint density at radius 1 is 0.893 bits per heavy atom. The molecule has 0 saturated carbocycles. The molecule has 0 aliphatic heterocycles. The molecule has 0 spiro atoms. The van der Waals surface area contributed by atoms with E-state index in [2.05, 4.69) is 5.32 Å². The van der Waals surface area contributed by atoms with Gasteiger partial charge in [0, 0.05) is 16.3 Å². The Hall–Kier alpha value is -3.02. The van der Waals surface area contributed by atoms with E-state index in [0.29, 0.717) is 22.0 Å². The molecule has 0 fully saturated rings. The summed E-state index contributed by atoms with van der Waals surface area (Å²) in [6.45, 7) is 0.219. The topological polar surface area (TPSA) is 81.4 Å². The maximum atomic E-state index is 12.7. The lowest BCUT2D eigenvalue weighted by atomic mass is 10.1. The second kappa shape index (κ2) is 8.78. The molecule has 5 nitrogen and oxygen atoms in total. The van der Waals surface area contributed by atoms with E-state index in [-0.39, 0.29) is 17.2 Å². The van der Waals surface area contributed by atoms with Gasteiger partial charge in [-0.1, -0.05) is 53.5 Å². The highest BCUT2D eigenvalue weighted by Gasteiger charge is 2.15. The van der Waals surface area contributed by atoms with Gasteiger partial charge in [-0.25, -0.2) is 0 Å². The van der Waals surface area contributed by atoms with Crippen LogP contribution in [0.1, 0.15) is 26.3 Å². The lowest BCUT2D eigenvalue weighted by Gasteiger charge is -2.13. The molecular formula is C21H16Cl2N2O3. The molecule has 0 aliphatic carbocycles. The number of ether oxygens (including phenoxy) is 1. The average Bonchev–Trinajstić information content (AvgIpc) is 2.69. The Balaban J connectivity index is 1.78. The summed E-state index contributed by atoms with van der Waals surface area (Å²) in [4.78, 5) is 24.1. The number of nitrogens with one attached hydrogen (secondary N) is 1. The molecule has 0 aliphatic rings. The fourth-order valence-corrected chi connectivity index (χ4v) is 2.94. The number of nitrogens with two attached hydrogens (primary N) is 1. The van der Waals surface area contributed by atoms with Crippen LogP contribution < -0.4 is 15.8 Å². The number of halogens is 2. The van der Waals surface area contributed by atoms with Crippen LogP contribution in [0.3, 0.4) is 0 Å². The molecule has 3 aromatic rings. The van der Waals surface area contributed by atoms with Crippen molar-refractivity contribution in [1.29, 1.82) is 0 Å². The molecule has 3 N–H and O–H groups in total. The highest BCUT2D eigenvalue weighted by Crippen LogP contribution is 2.24. The zero-order valence-electron chi connectivity index (χ0n) is 14.6. The Labute approximate surface area is 172 Å². The number of benzene rings is 3. The monoisotopic (exact) mass is 414 g/mol. The normalized spacial score (nSPS) is 10.4. The molecule has 0 saturated heterocycles. The van der Waals surface area contributed by atoms with Crippen LogP contribution in [0.25, 0.3) is 0 Å². The number of rotatable bonds is 6. The molecule has 0 bridgehead atoms. The number of hydrogen-bond donors (Lipinski definition) is 2. The third-order valence-electron chi connectivity index (χ3n) is 3.96. The third kappa shape index (κ3) is 4.63. The van der Waals surface area contributed by atoms with Crippen LogP contribution in [-0.4, -0.2) is 11.8 Å². The van der Waals surface area contributed by atoms with Crippen LogP contribution >= 0.6 is 23.2 Å². The van der Waals surface area contributed by atoms with Gasteiger partial charge in [0.15, 0.2) is 0 Å². The van der Waals surface area contributed by atoms with Gasteiger partial charge in [-0.15, -0.1) is 0 Å². The number of primary amides is 1. The zero-order valence-corrected chi connectivity index (χ0v) is 16.1. The van der Waals surface area contributed by atoms with Crippen molar-refractivity contribution in [3.05, 3.63) is 93.5 Å². The molecule has 0 unspecified atom stereocenters. The largest absolute Gasteiger partial charge is 0.488 e. The van der Waals surface area contributed by atoms with Crippen molar-refractivity contribution in [3.63, 3.8) is 0 Å². The molecule has 142 valence electrons. The van der Waals surface area contributed by atoms with Gasteiger partial charge in [0.25, 0.3) is 5.91 Å². The summed E-state index contributed by atoms with van der Waals surface area (Å²) in [5.41, 5.74) is 6.96. The Kier molecular flexibility index (Phi) is 6.19. The van der Waals surface area contributed by atoms with Crippen molar-refractivity contribution in [2.75, 3.05) is 5.32 Å². The van der Waals surface area contributed by atoms with E-state index in [1.54, 1.807) is 36.4 Å². The molecule has 7 heteroatoms. The molecule has 28 heavy (non-hydrogen) atoms. The fourth-order valence-electron chi connectivity index (χ4n) is 2.54. The summed E-state index contributed by atoms with van der Waals surface area (Å²) < 4.78 is 5.80. The summed E-state index contributed by atoms with van der Waals surface area (Å²) >= 11 is 12.1. The maximum absolute atomic E-state index is 12.7. The van der Waals surface area contributed by atoms with Crippen LogP contribution in [0.4, 0.5) is 5.69 Å². The first kappa shape index (κ1) is 19.7. The minimum atomic E-state index is -0.676. The van der Waals surface area contributed by atoms with E-state index >= 15 is 0 Å². The first-order chi connectivity index (χ1) is 13.5. The van der Waals surface area contributed by atoms with Crippen molar-refractivity contribution in [3.8, 4) is 5.75 Å². The molecule has 3 rings (SSSR count). The number of carbonyl (C=O) groups excluding carboxylic acids is 2. The molecular weight excluding hydrogens is 399 g/mol. The van der Waals surface area contributed by atoms with Crippen LogP contribution in [0.15, 0.2) is 66.7 Å². The van der Waals surface area contributed by atoms with E-state index in [1.165, 1.54) is 12.1 Å². The molecule has 3 aromatic carbocycles. The van der Waals surface area contributed by atoms with Gasteiger partial charge in [0.2, 0.25) is 5.91 Å². The number of anilines is 1. The van der Waals surface area contributed by atoms with Gasteiger partial charge in [0.05, 0.1) is 16.1 Å². The lowest BCUT2D eigenvalue weighted by molar-refractivity contribution is 0.0995. The van der Waals surface area contributed by atoms with Crippen molar-refractivity contribution >= 4 is 40.7 Å². The number of carbonyl (C=O) groups is 2. The molecule has 0 heterocycles. The quantitative estimate of drug-likeness (QED) is 0.600. The van der Waals surface area contributed by atoms with Crippen LogP contribution in [-0.2, 0) is 6.61 Å². The van der Waals surface area contributed by atoms with E-state index in [0.717, 1.165) is 5.56 Å². The Morgan fingerprint density at radius 3 is 2.36 bits per heavy atom. The Bertz CT molecular complexity index is 1040. The minimum Gasteiger partial charge on any atom is -0.488 e. The Morgan fingerprint density at radius 2 is 1.61 bits per heavy atom. The number of hydrogen-bond acceptors (Lipinski definition) is 3. The summed E-state index contributed by atoms with van der Waals surface area (Å²) in [7, 11) is 0. The second-order valence-electron chi connectivity index (χ2n) is 5.89. The van der Waals surface area contributed by atoms with Crippen LogP contribution in [0.5, 0.6) is 5.75 Å². The summed E-state index contributed by atoms with van der Waals surface area (Å²) in [5, 5.41) is 3.52. The lowest BCUT2D eigenvalue weighted by Crippen LogP contribution is -2.16. The van der Waals surface area contributed by atoms with Gasteiger partial charge in [0.1, 0.15) is 12.4 Å². The summed E-state index contributed by atoms with van der Waals surface area (Å²) in [5.74, 6) is -0.666. The third-order valence-corrected chi connectivity index (χ3v) is 4.66. The van der Waals surface area contributed by atoms with Crippen LogP contribution in [0, 0.1) is 0 Å². The van der Waals surface area contributed by atoms with Gasteiger partial charge in [-0.05, 0) is 36.4 Å². The number of para-hydroxylation sites is 1. The predicted octanol–water partition coefficient (Wildman–Crippen LogP) is 4.92.